The fourth-order valence-corrected chi connectivity index (χ4v) is 6.30. The summed E-state index contributed by atoms with van der Waals surface area (Å²) in [6, 6.07) is 24.3. The van der Waals surface area contributed by atoms with Crippen LogP contribution in [0.2, 0.25) is 0 Å². The lowest BCUT2D eigenvalue weighted by Crippen LogP contribution is -2.54. The zero-order valence-electron chi connectivity index (χ0n) is 33.7. The van der Waals surface area contributed by atoms with E-state index in [1.807, 2.05) is 78.9 Å². The lowest BCUT2D eigenvalue weighted by molar-refractivity contribution is -0.266. The number of alkyl carbamates (subject to hydrolysis) is 1. The average molecular weight is 825 g/mol. The van der Waals surface area contributed by atoms with Crippen molar-refractivity contribution in [3.8, 4) is 11.5 Å². The molecule has 1 fully saturated rings. The van der Waals surface area contributed by atoms with Crippen molar-refractivity contribution in [1.82, 2.24) is 10.6 Å². The van der Waals surface area contributed by atoms with Gasteiger partial charge >= 0.3 is 24.0 Å². The Balaban J connectivity index is 1.24. The molecule has 1 aliphatic heterocycles. The number of carbonyl (C=O) groups is 5. The first-order chi connectivity index (χ1) is 28.3. The minimum atomic E-state index is -1.24. The molecular formula is C42H52N2O15. The van der Waals surface area contributed by atoms with Crippen LogP contribution in [-0.4, -0.2) is 119 Å². The highest BCUT2D eigenvalue weighted by Gasteiger charge is 2.44. The number of nitrogens with one attached hydrogen (secondary N) is 2. The van der Waals surface area contributed by atoms with Gasteiger partial charge in [-0.2, -0.15) is 0 Å². The number of rotatable bonds is 21. The second kappa shape index (κ2) is 23.0. The van der Waals surface area contributed by atoms with Gasteiger partial charge in [0.25, 0.3) is 0 Å². The van der Waals surface area contributed by atoms with Crippen LogP contribution < -0.4 is 20.1 Å². The Bertz CT molecular complexity index is 1760. The van der Waals surface area contributed by atoms with Crippen molar-refractivity contribution in [3.63, 3.8) is 0 Å². The number of aliphatic hydroxyl groups excluding tert-OH is 1. The van der Waals surface area contributed by atoms with Crippen molar-refractivity contribution >= 4 is 29.9 Å². The monoisotopic (exact) mass is 824 g/mol. The topological polar surface area (TPSA) is 213 Å². The Labute approximate surface area is 342 Å². The fourth-order valence-electron chi connectivity index (χ4n) is 6.30. The summed E-state index contributed by atoms with van der Waals surface area (Å²) < 4.78 is 49.9. The Morgan fingerprint density at radius 3 is 1.92 bits per heavy atom. The number of esters is 3. The minimum absolute atomic E-state index is 0.0343. The number of hydrogen-bond acceptors (Lipinski definition) is 15. The zero-order chi connectivity index (χ0) is 42.8. The van der Waals surface area contributed by atoms with Crippen molar-refractivity contribution < 1.29 is 71.7 Å². The summed E-state index contributed by atoms with van der Waals surface area (Å²) in [5.74, 6) is -1.03. The maximum Gasteiger partial charge on any atom is 0.407 e. The molecule has 0 spiro atoms. The number of hydrogen-bond donors (Lipinski definition) is 3. The van der Waals surface area contributed by atoms with Crippen LogP contribution in [0.25, 0.3) is 0 Å². The van der Waals surface area contributed by atoms with E-state index in [9.17, 15) is 29.1 Å². The molecule has 320 valence electrons. The van der Waals surface area contributed by atoms with E-state index >= 15 is 0 Å². The van der Waals surface area contributed by atoms with Gasteiger partial charge in [-0.1, -0.05) is 54.6 Å². The van der Waals surface area contributed by atoms with Crippen LogP contribution in [0.4, 0.5) is 4.79 Å². The summed E-state index contributed by atoms with van der Waals surface area (Å²) in [4.78, 5) is 59.8. The van der Waals surface area contributed by atoms with Crippen LogP contribution in [-0.2, 0) is 57.9 Å². The third-order valence-corrected chi connectivity index (χ3v) is 8.97. The second-order valence-electron chi connectivity index (χ2n) is 13.4. The van der Waals surface area contributed by atoms with Crippen LogP contribution in [0.1, 0.15) is 50.3 Å². The van der Waals surface area contributed by atoms with E-state index in [-0.39, 0.29) is 32.8 Å². The molecule has 5 atom stereocenters. The highest BCUT2D eigenvalue weighted by Crippen LogP contribution is 2.41. The molecule has 17 heteroatoms. The summed E-state index contributed by atoms with van der Waals surface area (Å²) in [5, 5.41) is 15.9. The summed E-state index contributed by atoms with van der Waals surface area (Å²) in [7, 11) is 3.15. The number of carbonyl (C=O) groups excluding carboxylic acids is 5. The van der Waals surface area contributed by atoms with E-state index in [1.54, 1.807) is 14.2 Å². The largest absolute Gasteiger partial charge is 0.497 e. The molecule has 3 N–H and O–H groups in total. The van der Waals surface area contributed by atoms with Crippen molar-refractivity contribution in [2.75, 3.05) is 53.7 Å². The Morgan fingerprint density at radius 1 is 0.763 bits per heavy atom. The van der Waals surface area contributed by atoms with Crippen molar-refractivity contribution in [2.24, 2.45) is 0 Å². The lowest BCUT2D eigenvalue weighted by Gasteiger charge is -2.39. The normalized spacial score (nSPS) is 18.1. The fraction of sp³-hybridized carbons (Fsp3) is 0.452. The Kier molecular flexibility index (Phi) is 17.9. The van der Waals surface area contributed by atoms with Crippen LogP contribution in [0.3, 0.4) is 0 Å². The Hall–Kier alpha value is -5.75. The predicted octanol–water partition coefficient (Wildman–Crippen LogP) is 3.16. The number of methoxy groups -OCH3 is 2. The van der Waals surface area contributed by atoms with Crippen LogP contribution in [0.15, 0.2) is 78.9 Å². The van der Waals surface area contributed by atoms with E-state index in [4.69, 9.17) is 42.6 Å². The number of benzene rings is 3. The van der Waals surface area contributed by atoms with Crippen LogP contribution >= 0.6 is 0 Å². The van der Waals surface area contributed by atoms with E-state index in [0.717, 1.165) is 16.7 Å². The van der Waals surface area contributed by atoms with Gasteiger partial charge in [0.1, 0.15) is 48.6 Å². The van der Waals surface area contributed by atoms with Crippen molar-refractivity contribution in [1.29, 1.82) is 0 Å². The summed E-state index contributed by atoms with van der Waals surface area (Å²) in [5.41, 5.74) is 1.11. The van der Waals surface area contributed by atoms with Crippen molar-refractivity contribution in [3.05, 3.63) is 95.6 Å². The summed E-state index contributed by atoms with van der Waals surface area (Å²) in [6.45, 7) is 2.55. The predicted molar refractivity (Wildman–Crippen MR) is 208 cm³/mol. The molecule has 2 amide bonds. The molecule has 0 bridgehead atoms. The van der Waals surface area contributed by atoms with Gasteiger partial charge in [-0.05, 0) is 47.4 Å². The number of ether oxygens (including phenoxy) is 9. The van der Waals surface area contributed by atoms with Gasteiger partial charge in [-0.3, -0.25) is 19.2 Å². The molecule has 3 aromatic rings. The smallest absolute Gasteiger partial charge is 0.407 e. The van der Waals surface area contributed by atoms with Gasteiger partial charge in [0.2, 0.25) is 5.91 Å². The quantitative estimate of drug-likeness (QED) is 0.0610. The summed E-state index contributed by atoms with van der Waals surface area (Å²) in [6.07, 6.45) is -5.61. The van der Waals surface area contributed by atoms with Crippen LogP contribution in [0.5, 0.6) is 11.5 Å². The molecule has 0 radical (unpaired) electrons. The molecule has 0 saturated carbocycles. The third-order valence-electron chi connectivity index (χ3n) is 8.97. The van der Waals surface area contributed by atoms with Crippen LogP contribution in [0, 0.1) is 0 Å². The molecule has 17 nitrogen and oxygen atoms in total. The highest BCUT2D eigenvalue weighted by atomic mass is 16.7. The summed E-state index contributed by atoms with van der Waals surface area (Å²) >= 11 is 0. The van der Waals surface area contributed by atoms with E-state index in [0.29, 0.717) is 17.9 Å². The SMILES string of the molecule is COc1ccc(C(OC[C@@H](O)COC(=O)NCC(=O)NCCCO[C@H]2CC(OC(C)=O)[C@@H](OC(C)=O)[C@@H](COC(C)=O)O2)(c2ccccc2)c2ccc(OC)cc2)cc1. The first-order valence-corrected chi connectivity index (χ1v) is 18.9. The average Bonchev–Trinajstić information content (AvgIpc) is 3.22. The molecule has 3 aromatic carbocycles. The maximum absolute atomic E-state index is 12.5. The molecule has 0 aromatic heterocycles. The minimum Gasteiger partial charge on any atom is -0.497 e. The molecule has 59 heavy (non-hydrogen) atoms. The standard InChI is InChI=1S/C42H52N2O15/c1-27(45)54-26-37-40(58-29(3)47)36(57-28(2)46)22-39(59-37)53-21-9-20-43-38(49)23-44-41(50)55-24-33(48)25-56-42(30-10-7-6-8-11-30,31-12-16-34(51-4)17-13-31)32-14-18-35(52-5)19-15-32/h6-8,10-19,33,36-37,39-40,48H,9,20-26H2,1-5H3,(H,43,49)(H,44,50)/t33-,36?,37+,39+,40+/m0/s1. The molecule has 1 unspecified atom stereocenters. The second-order valence-corrected chi connectivity index (χ2v) is 13.4. The molecule has 1 saturated heterocycles. The highest BCUT2D eigenvalue weighted by molar-refractivity contribution is 5.82. The molecule has 1 aliphatic rings. The molecular weight excluding hydrogens is 772 g/mol. The number of amides is 2. The van der Waals surface area contributed by atoms with Gasteiger partial charge in [0.05, 0.1) is 34.0 Å². The van der Waals surface area contributed by atoms with Crippen molar-refractivity contribution in [2.45, 2.75) is 69.9 Å². The molecule has 1 heterocycles. The van der Waals surface area contributed by atoms with Gasteiger partial charge in [-0.25, -0.2) is 4.79 Å². The Morgan fingerprint density at radius 2 is 1.36 bits per heavy atom. The van der Waals surface area contributed by atoms with Gasteiger partial charge in [-0.15, -0.1) is 0 Å². The van der Waals surface area contributed by atoms with E-state index in [1.165, 1.54) is 20.8 Å². The van der Waals surface area contributed by atoms with E-state index < -0.39 is 79.4 Å². The van der Waals surface area contributed by atoms with Gasteiger partial charge in [0, 0.05) is 33.7 Å². The first kappa shape index (κ1) is 45.9. The number of aliphatic hydroxyl groups is 1. The third kappa shape index (κ3) is 14.0. The first-order valence-electron chi connectivity index (χ1n) is 18.9. The zero-order valence-corrected chi connectivity index (χ0v) is 33.7. The molecule has 0 aliphatic carbocycles. The maximum atomic E-state index is 12.5. The van der Waals surface area contributed by atoms with Gasteiger partial charge < -0.3 is 58.4 Å². The van der Waals surface area contributed by atoms with Gasteiger partial charge in [0.15, 0.2) is 12.4 Å². The lowest BCUT2D eigenvalue weighted by atomic mass is 9.80. The molecule has 4 rings (SSSR count). The van der Waals surface area contributed by atoms with E-state index in [2.05, 4.69) is 10.6 Å².